The summed E-state index contributed by atoms with van der Waals surface area (Å²) in [6.45, 7) is 11.5. The van der Waals surface area contributed by atoms with Gasteiger partial charge >= 0.3 is 0 Å². The lowest BCUT2D eigenvalue weighted by molar-refractivity contribution is 0.188. The monoisotopic (exact) mass is 499 g/mol. The number of aromatic nitrogens is 2. The molecule has 0 amide bonds. The summed E-state index contributed by atoms with van der Waals surface area (Å²) in [7, 11) is 0. The molecule has 1 aromatic heterocycles. The van der Waals surface area contributed by atoms with Crippen molar-refractivity contribution in [1.82, 2.24) is 9.66 Å². The second-order valence-corrected chi connectivity index (χ2v) is 9.71. The van der Waals surface area contributed by atoms with Gasteiger partial charge < -0.3 is 9.47 Å². The molecular weight excluding hydrogens is 470 g/mol. The minimum Gasteiger partial charge on any atom is -0.490 e. The van der Waals surface area contributed by atoms with E-state index in [9.17, 15) is 4.79 Å². The van der Waals surface area contributed by atoms with Gasteiger partial charge in [0.1, 0.15) is 5.82 Å². The highest BCUT2D eigenvalue weighted by atomic mass is 79.9. The molecule has 0 saturated carbocycles. The summed E-state index contributed by atoms with van der Waals surface area (Å²) in [5.74, 6) is 1.99. The van der Waals surface area contributed by atoms with Crippen molar-refractivity contribution in [3.63, 3.8) is 0 Å². The van der Waals surface area contributed by atoms with Crippen LogP contribution in [-0.4, -0.2) is 29.1 Å². The van der Waals surface area contributed by atoms with Gasteiger partial charge in [0.15, 0.2) is 11.5 Å². The van der Waals surface area contributed by atoms with Crippen LogP contribution in [0.4, 0.5) is 0 Å². The van der Waals surface area contributed by atoms with Crippen molar-refractivity contribution in [2.24, 2.45) is 10.5 Å². The molecular formula is C25H30BrN3O3. The van der Waals surface area contributed by atoms with Crippen LogP contribution >= 0.6 is 15.9 Å². The summed E-state index contributed by atoms with van der Waals surface area (Å²) < 4.78 is 14.0. The zero-order chi connectivity index (χ0) is 23.3. The molecule has 0 bridgehead atoms. The lowest BCUT2D eigenvalue weighted by atomic mass is 9.99. The van der Waals surface area contributed by atoms with E-state index in [2.05, 4.69) is 53.7 Å². The molecule has 0 radical (unpaired) electrons. The number of rotatable bonds is 8. The molecule has 3 rings (SSSR count). The molecule has 0 spiro atoms. The molecule has 0 aliphatic carbocycles. The van der Waals surface area contributed by atoms with Crippen LogP contribution < -0.4 is 15.0 Å². The van der Waals surface area contributed by atoms with Crippen molar-refractivity contribution in [3.05, 3.63) is 62.6 Å². The van der Waals surface area contributed by atoms with Gasteiger partial charge in [0.05, 0.1) is 30.3 Å². The normalized spacial score (nSPS) is 11.9. The van der Waals surface area contributed by atoms with Gasteiger partial charge in [-0.1, -0.05) is 43.6 Å². The number of nitrogens with zero attached hydrogens (tertiary/aromatic N) is 3. The average molecular weight is 500 g/mol. The molecule has 0 unspecified atom stereocenters. The molecule has 170 valence electrons. The van der Waals surface area contributed by atoms with Crippen LogP contribution in [0.1, 0.15) is 52.4 Å². The molecule has 0 aliphatic rings. The van der Waals surface area contributed by atoms with Crippen LogP contribution in [0.25, 0.3) is 10.9 Å². The van der Waals surface area contributed by atoms with E-state index in [1.54, 1.807) is 12.3 Å². The largest absolute Gasteiger partial charge is 0.490 e. The number of fused-ring (bicyclic) bond motifs is 1. The Bertz CT molecular complexity index is 1180. The first kappa shape index (κ1) is 24.0. The smallest absolute Gasteiger partial charge is 0.282 e. The Kier molecular flexibility index (Phi) is 7.72. The topological polar surface area (TPSA) is 65.7 Å². The van der Waals surface area contributed by atoms with E-state index in [1.165, 1.54) is 4.68 Å². The third-order valence-electron chi connectivity index (χ3n) is 4.60. The highest BCUT2D eigenvalue weighted by Crippen LogP contribution is 2.29. The van der Waals surface area contributed by atoms with E-state index in [0.717, 1.165) is 16.5 Å². The van der Waals surface area contributed by atoms with Crippen LogP contribution in [-0.2, 0) is 6.42 Å². The van der Waals surface area contributed by atoms with E-state index in [1.807, 2.05) is 37.3 Å². The van der Waals surface area contributed by atoms with E-state index < -0.39 is 0 Å². The summed E-state index contributed by atoms with van der Waals surface area (Å²) in [6, 6.07) is 11.2. The number of ether oxygens (including phenoxy) is 2. The standard InChI is InChI=1S/C25H30BrN3O3/c1-6-8-23-28-20-11-10-18(26)14-19(20)24(30)29(23)27-15-17-9-12-21(22(13-17)31-7-2)32-16-25(3,4)5/h9-15H,6-8,16H2,1-5H3. The number of benzene rings is 2. The Hall–Kier alpha value is -2.67. The van der Waals surface area contributed by atoms with Crippen LogP contribution in [0, 0.1) is 5.41 Å². The molecule has 0 saturated heterocycles. The van der Waals surface area contributed by atoms with Gasteiger partial charge in [-0.3, -0.25) is 4.79 Å². The van der Waals surface area contributed by atoms with Crippen molar-refractivity contribution in [2.75, 3.05) is 13.2 Å². The Morgan fingerprint density at radius 3 is 2.56 bits per heavy atom. The second kappa shape index (κ2) is 10.3. The third-order valence-corrected chi connectivity index (χ3v) is 5.09. The number of halogens is 1. The van der Waals surface area contributed by atoms with Gasteiger partial charge in [0.2, 0.25) is 0 Å². The summed E-state index contributed by atoms with van der Waals surface area (Å²) in [5, 5.41) is 5.02. The van der Waals surface area contributed by atoms with Gasteiger partial charge in [0.25, 0.3) is 5.56 Å². The van der Waals surface area contributed by atoms with Crippen molar-refractivity contribution < 1.29 is 9.47 Å². The van der Waals surface area contributed by atoms with E-state index in [-0.39, 0.29) is 11.0 Å². The first-order chi connectivity index (χ1) is 15.2. The number of aryl methyl sites for hydroxylation is 1. The predicted octanol–water partition coefficient (Wildman–Crippen LogP) is 5.82. The molecule has 0 aliphatic heterocycles. The molecule has 7 heteroatoms. The summed E-state index contributed by atoms with van der Waals surface area (Å²) in [5.41, 5.74) is 1.33. The van der Waals surface area contributed by atoms with E-state index in [0.29, 0.717) is 47.9 Å². The minimum absolute atomic E-state index is 0.0402. The third kappa shape index (κ3) is 5.97. The van der Waals surface area contributed by atoms with Crippen molar-refractivity contribution in [1.29, 1.82) is 0 Å². The lowest BCUT2D eigenvalue weighted by Gasteiger charge is -2.20. The highest BCUT2D eigenvalue weighted by Gasteiger charge is 2.14. The van der Waals surface area contributed by atoms with Gasteiger partial charge in [-0.25, -0.2) is 4.98 Å². The molecule has 0 atom stereocenters. The fraction of sp³-hybridized carbons (Fsp3) is 0.400. The first-order valence-electron chi connectivity index (χ1n) is 10.9. The maximum Gasteiger partial charge on any atom is 0.282 e. The average Bonchev–Trinajstić information content (AvgIpc) is 2.73. The van der Waals surface area contributed by atoms with Gasteiger partial charge in [0, 0.05) is 10.9 Å². The molecule has 32 heavy (non-hydrogen) atoms. The zero-order valence-electron chi connectivity index (χ0n) is 19.3. The summed E-state index contributed by atoms with van der Waals surface area (Å²) >= 11 is 3.43. The quantitative estimate of drug-likeness (QED) is 0.366. The van der Waals surface area contributed by atoms with Gasteiger partial charge in [-0.05, 0) is 60.7 Å². The predicted molar refractivity (Wildman–Crippen MR) is 133 cm³/mol. The molecule has 3 aromatic rings. The molecule has 6 nitrogen and oxygen atoms in total. The first-order valence-corrected chi connectivity index (χ1v) is 11.7. The summed E-state index contributed by atoms with van der Waals surface area (Å²) in [6.07, 6.45) is 3.17. The highest BCUT2D eigenvalue weighted by molar-refractivity contribution is 9.10. The SMILES string of the molecule is CCCc1nc2ccc(Br)cc2c(=O)n1N=Cc1ccc(OCC(C)(C)C)c(OCC)c1. The fourth-order valence-electron chi connectivity index (χ4n) is 3.11. The summed E-state index contributed by atoms with van der Waals surface area (Å²) in [4.78, 5) is 17.8. The molecule has 2 aromatic carbocycles. The van der Waals surface area contributed by atoms with Gasteiger partial charge in [-0.2, -0.15) is 9.78 Å². The second-order valence-electron chi connectivity index (χ2n) is 8.79. The van der Waals surface area contributed by atoms with E-state index >= 15 is 0 Å². The van der Waals surface area contributed by atoms with Crippen LogP contribution in [0.5, 0.6) is 11.5 Å². The zero-order valence-corrected chi connectivity index (χ0v) is 20.9. The van der Waals surface area contributed by atoms with Gasteiger partial charge in [-0.15, -0.1) is 0 Å². The maximum atomic E-state index is 13.1. The van der Waals surface area contributed by atoms with Crippen molar-refractivity contribution in [2.45, 2.75) is 47.5 Å². The Balaban J connectivity index is 1.99. The lowest BCUT2D eigenvalue weighted by Crippen LogP contribution is -2.22. The Labute approximate surface area is 197 Å². The minimum atomic E-state index is -0.189. The van der Waals surface area contributed by atoms with Crippen molar-refractivity contribution >= 4 is 33.0 Å². The van der Waals surface area contributed by atoms with Crippen LogP contribution in [0.3, 0.4) is 0 Å². The fourth-order valence-corrected chi connectivity index (χ4v) is 3.47. The Morgan fingerprint density at radius 1 is 1.09 bits per heavy atom. The van der Waals surface area contributed by atoms with Crippen molar-refractivity contribution in [3.8, 4) is 11.5 Å². The number of hydrogen-bond acceptors (Lipinski definition) is 5. The molecule has 1 heterocycles. The Morgan fingerprint density at radius 2 is 1.88 bits per heavy atom. The number of hydrogen-bond donors (Lipinski definition) is 0. The maximum absolute atomic E-state index is 13.1. The molecule has 0 N–H and O–H groups in total. The molecule has 0 fully saturated rings. The van der Waals surface area contributed by atoms with E-state index in [4.69, 9.17) is 9.47 Å². The van der Waals surface area contributed by atoms with Crippen LogP contribution in [0.15, 0.2) is 50.8 Å². The van der Waals surface area contributed by atoms with Crippen LogP contribution in [0.2, 0.25) is 0 Å².